The molecule has 148 valence electrons. The van der Waals surface area contributed by atoms with Crippen molar-refractivity contribution in [3.8, 4) is 0 Å². The van der Waals surface area contributed by atoms with Gasteiger partial charge in [-0.1, -0.05) is 0 Å². The molecular weight excluding hydrogens is 342 g/mol. The summed E-state index contributed by atoms with van der Waals surface area (Å²) in [6, 6.07) is 2.04. The van der Waals surface area contributed by atoms with Crippen molar-refractivity contribution >= 4 is 12.0 Å². The number of aryl methyl sites for hydroxylation is 2. The Hall–Kier alpha value is -2.11. The number of hydrogen-bond acceptors (Lipinski definition) is 4. The van der Waals surface area contributed by atoms with E-state index in [0.29, 0.717) is 13.1 Å². The fraction of sp³-hybridized carbons (Fsp3) is 0.667. The highest BCUT2D eigenvalue weighted by Crippen LogP contribution is 2.52. The van der Waals surface area contributed by atoms with Crippen LogP contribution in [0.15, 0.2) is 12.3 Å². The molecular formula is C21H31N3O3. The fourth-order valence-corrected chi connectivity index (χ4v) is 4.20. The van der Waals surface area contributed by atoms with Crippen LogP contribution >= 0.6 is 0 Å². The van der Waals surface area contributed by atoms with E-state index in [1.54, 1.807) is 4.90 Å². The molecule has 0 radical (unpaired) electrons. The van der Waals surface area contributed by atoms with Gasteiger partial charge < -0.3 is 15.0 Å². The Morgan fingerprint density at radius 3 is 2.26 bits per heavy atom. The Morgan fingerprint density at radius 2 is 1.74 bits per heavy atom. The van der Waals surface area contributed by atoms with Crippen molar-refractivity contribution in [3.63, 3.8) is 0 Å². The van der Waals surface area contributed by atoms with Gasteiger partial charge in [0.25, 0.3) is 0 Å². The molecule has 6 heteroatoms. The van der Waals surface area contributed by atoms with Gasteiger partial charge in [-0.3, -0.25) is 9.78 Å². The minimum atomic E-state index is -0.495. The molecule has 2 fully saturated rings. The first-order chi connectivity index (χ1) is 12.4. The molecule has 1 aliphatic heterocycles. The Morgan fingerprint density at radius 1 is 1.15 bits per heavy atom. The minimum Gasteiger partial charge on any atom is -0.444 e. The van der Waals surface area contributed by atoms with Crippen LogP contribution in [-0.4, -0.2) is 40.6 Å². The van der Waals surface area contributed by atoms with Crippen LogP contribution in [0, 0.1) is 31.6 Å². The van der Waals surface area contributed by atoms with E-state index in [1.807, 2.05) is 60.7 Å². The van der Waals surface area contributed by atoms with Crippen LogP contribution in [-0.2, 0) is 15.1 Å². The number of nitrogens with zero attached hydrogens (tertiary/aromatic N) is 2. The maximum Gasteiger partial charge on any atom is 0.410 e. The lowest BCUT2D eigenvalue weighted by molar-refractivity contribution is -0.125. The summed E-state index contributed by atoms with van der Waals surface area (Å²) in [5.74, 6) is 0.539. The highest BCUT2D eigenvalue weighted by atomic mass is 16.6. The zero-order valence-electron chi connectivity index (χ0n) is 17.4. The zero-order chi connectivity index (χ0) is 20.1. The first-order valence-electron chi connectivity index (χ1n) is 9.63. The van der Waals surface area contributed by atoms with Gasteiger partial charge in [0, 0.05) is 30.9 Å². The third kappa shape index (κ3) is 4.09. The standard InChI is InChI=1S/C21H31N3O3/c1-12-8-13(2)22-9-16(12)21(6,7)23-18(25)17-14-10-24(11-15(14)17)19(26)27-20(3,4)5/h8-9,14-15,17H,10-11H2,1-7H3,(H,23,25)/t14-,15+,17+. The molecule has 0 aromatic carbocycles. The number of likely N-dealkylation sites (tertiary alicyclic amines) is 1. The van der Waals surface area contributed by atoms with Crippen molar-refractivity contribution in [1.29, 1.82) is 0 Å². The van der Waals surface area contributed by atoms with Gasteiger partial charge in [0.2, 0.25) is 5.91 Å². The predicted molar refractivity (Wildman–Crippen MR) is 103 cm³/mol. The van der Waals surface area contributed by atoms with Gasteiger partial charge in [0.1, 0.15) is 5.60 Å². The third-order valence-electron chi connectivity index (χ3n) is 5.51. The van der Waals surface area contributed by atoms with Gasteiger partial charge in [0.05, 0.1) is 5.54 Å². The van der Waals surface area contributed by atoms with E-state index in [4.69, 9.17) is 4.74 Å². The Bertz CT molecular complexity index is 754. The molecule has 0 spiro atoms. The highest BCUT2D eigenvalue weighted by molar-refractivity contribution is 5.84. The number of carbonyl (C=O) groups excluding carboxylic acids is 2. The number of carbonyl (C=O) groups is 2. The molecule has 1 saturated carbocycles. The summed E-state index contributed by atoms with van der Waals surface area (Å²) in [6.07, 6.45) is 1.57. The van der Waals surface area contributed by atoms with Crippen molar-refractivity contribution in [3.05, 3.63) is 29.1 Å². The van der Waals surface area contributed by atoms with E-state index in [0.717, 1.165) is 16.8 Å². The second kappa shape index (κ2) is 6.50. The Kier molecular flexibility index (Phi) is 4.73. The maximum atomic E-state index is 12.8. The molecule has 2 heterocycles. The van der Waals surface area contributed by atoms with Crippen LogP contribution in [0.5, 0.6) is 0 Å². The molecule has 0 bridgehead atoms. The van der Waals surface area contributed by atoms with Crippen LogP contribution in [0.4, 0.5) is 4.79 Å². The summed E-state index contributed by atoms with van der Waals surface area (Å²) in [4.78, 5) is 31.1. The molecule has 6 nitrogen and oxygen atoms in total. The van der Waals surface area contributed by atoms with Gasteiger partial charge in [-0.15, -0.1) is 0 Å². The monoisotopic (exact) mass is 373 g/mol. The minimum absolute atomic E-state index is 0.0123. The van der Waals surface area contributed by atoms with E-state index < -0.39 is 11.1 Å². The smallest absolute Gasteiger partial charge is 0.410 e. The number of amides is 2. The van der Waals surface area contributed by atoms with Crippen molar-refractivity contribution in [1.82, 2.24) is 15.2 Å². The van der Waals surface area contributed by atoms with Gasteiger partial charge in [-0.05, 0) is 77.5 Å². The van der Waals surface area contributed by atoms with Crippen LogP contribution in [0.2, 0.25) is 0 Å². The van der Waals surface area contributed by atoms with Crippen LogP contribution in [0.1, 0.15) is 51.4 Å². The molecule has 2 amide bonds. The third-order valence-corrected chi connectivity index (χ3v) is 5.51. The van der Waals surface area contributed by atoms with Crippen molar-refractivity contribution in [2.75, 3.05) is 13.1 Å². The first kappa shape index (κ1) is 19.6. The Balaban J connectivity index is 1.58. The number of ether oxygens (including phenoxy) is 1. The van der Waals surface area contributed by atoms with Crippen LogP contribution in [0.3, 0.4) is 0 Å². The van der Waals surface area contributed by atoms with E-state index in [-0.39, 0.29) is 29.8 Å². The van der Waals surface area contributed by atoms with E-state index in [1.165, 1.54) is 0 Å². The van der Waals surface area contributed by atoms with Gasteiger partial charge >= 0.3 is 6.09 Å². The van der Waals surface area contributed by atoms with Gasteiger partial charge in [-0.25, -0.2) is 4.79 Å². The maximum absolute atomic E-state index is 12.8. The lowest BCUT2D eigenvalue weighted by Gasteiger charge is -2.29. The van der Waals surface area contributed by atoms with E-state index in [9.17, 15) is 9.59 Å². The molecule has 1 aromatic rings. The number of nitrogens with one attached hydrogen (secondary N) is 1. The summed E-state index contributed by atoms with van der Waals surface area (Å²) >= 11 is 0. The quantitative estimate of drug-likeness (QED) is 0.883. The van der Waals surface area contributed by atoms with Gasteiger partial charge in [0.15, 0.2) is 0 Å². The number of hydrogen-bond donors (Lipinski definition) is 1. The highest BCUT2D eigenvalue weighted by Gasteiger charge is 2.61. The van der Waals surface area contributed by atoms with E-state index in [2.05, 4.69) is 10.3 Å². The molecule has 1 aliphatic carbocycles. The molecule has 1 saturated heterocycles. The summed E-state index contributed by atoms with van der Waals surface area (Å²) < 4.78 is 5.43. The predicted octanol–water partition coefficient (Wildman–Crippen LogP) is 3.16. The lowest BCUT2D eigenvalue weighted by atomic mass is 9.91. The number of fused-ring (bicyclic) bond motifs is 1. The van der Waals surface area contributed by atoms with Crippen LogP contribution < -0.4 is 5.32 Å². The molecule has 0 unspecified atom stereocenters. The second-order valence-corrected chi connectivity index (χ2v) is 9.49. The zero-order valence-corrected chi connectivity index (χ0v) is 17.4. The topological polar surface area (TPSA) is 71.5 Å². The van der Waals surface area contributed by atoms with Crippen molar-refractivity contribution < 1.29 is 14.3 Å². The first-order valence-corrected chi connectivity index (χ1v) is 9.63. The molecule has 2 aliphatic rings. The SMILES string of the molecule is Cc1cc(C)c(C(C)(C)NC(=O)[C@H]2[C@@H]3CN(C(=O)OC(C)(C)C)C[C@@H]32)cn1. The summed E-state index contributed by atoms with van der Waals surface area (Å²) in [7, 11) is 0. The van der Waals surface area contributed by atoms with Crippen molar-refractivity contribution in [2.24, 2.45) is 17.8 Å². The molecule has 1 aromatic heterocycles. The van der Waals surface area contributed by atoms with Gasteiger partial charge in [-0.2, -0.15) is 0 Å². The number of pyridine rings is 1. The lowest BCUT2D eigenvalue weighted by Crippen LogP contribution is -2.44. The second-order valence-electron chi connectivity index (χ2n) is 9.49. The number of aromatic nitrogens is 1. The van der Waals surface area contributed by atoms with Crippen LogP contribution in [0.25, 0.3) is 0 Å². The molecule has 3 rings (SSSR count). The van der Waals surface area contributed by atoms with Crippen molar-refractivity contribution in [2.45, 2.75) is 59.6 Å². The summed E-state index contributed by atoms with van der Waals surface area (Å²) in [6.45, 7) is 14.8. The summed E-state index contributed by atoms with van der Waals surface area (Å²) in [5.41, 5.74) is 2.15. The normalized spacial score (nSPS) is 24.4. The average molecular weight is 373 g/mol. The molecule has 27 heavy (non-hydrogen) atoms. The largest absolute Gasteiger partial charge is 0.444 e. The van der Waals surface area contributed by atoms with E-state index >= 15 is 0 Å². The number of rotatable bonds is 3. The molecule has 3 atom stereocenters. The summed E-state index contributed by atoms with van der Waals surface area (Å²) in [5, 5.41) is 3.19. The average Bonchev–Trinajstić information content (AvgIpc) is 2.99. The fourth-order valence-electron chi connectivity index (χ4n) is 4.20. The Labute approximate surface area is 161 Å². The molecule has 1 N–H and O–H groups in total. The number of piperidine rings is 1.